The van der Waals surface area contributed by atoms with Gasteiger partial charge in [-0.15, -0.1) is 11.3 Å². The zero-order valence-corrected chi connectivity index (χ0v) is 8.38. The Kier molecular flexibility index (Phi) is 2.62. The number of ether oxygens (including phenoxy) is 1. The van der Waals surface area contributed by atoms with Crippen molar-refractivity contribution in [2.75, 3.05) is 13.2 Å². The predicted octanol–water partition coefficient (Wildman–Crippen LogP) is 1.00. The van der Waals surface area contributed by atoms with Crippen LogP contribution in [0, 0.1) is 12.8 Å². The van der Waals surface area contributed by atoms with Crippen LogP contribution in [0.4, 0.5) is 0 Å². The van der Waals surface area contributed by atoms with Crippen LogP contribution in [0.2, 0.25) is 0 Å². The van der Waals surface area contributed by atoms with E-state index in [1.807, 2.05) is 13.1 Å². The number of aliphatic hydroxyl groups excluding tert-OH is 1. The zero-order valence-electron chi connectivity index (χ0n) is 7.56. The molecule has 1 N–H and O–H groups in total. The highest BCUT2D eigenvalue weighted by atomic mass is 32.1. The predicted molar refractivity (Wildman–Crippen MR) is 50.9 cm³/mol. The van der Waals surface area contributed by atoms with Crippen molar-refractivity contribution in [1.82, 2.24) is 4.98 Å². The second-order valence-corrected chi connectivity index (χ2v) is 4.75. The van der Waals surface area contributed by atoms with E-state index in [1.54, 1.807) is 11.3 Å². The molecule has 3 nitrogen and oxygen atoms in total. The van der Waals surface area contributed by atoms with Crippen LogP contribution in [0.5, 0.6) is 0 Å². The molecular weight excluding hydrogens is 186 g/mol. The Hall–Kier alpha value is -0.450. The summed E-state index contributed by atoms with van der Waals surface area (Å²) in [5, 5.41) is 10.6. The smallest absolute Gasteiger partial charge is 0.0932 e. The fourth-order valence-electron chi connectivity index (χ4n) is 1.50. The van der Waals surface area contributed by atoms with E-state index in [1.165, 1.54) is 4.88 Å². The summed E-state index contributed by atoms with van der Waals surface area (Å²) in [6.07, 6.45) is 2.42. The van der Waals surface area contributed by atoms with Crippen LogP contribution >= 0.6 is 11.3 Å². The van der Waals surface area contributed by atoms with E-state index >= 15 is 0 Å². The van der Waals surface area contributed by atoms with Crippen LogP contribution in [-0.4, -0.2) is 29.4 Å². The molecule has 72 valence electrons. The van der Waals surface area contributed by atoms with Crippen LogP contribution in [0.15, 0.2) is 6.20 Å². The molecule has 1 fully saturated rings. The molecule has 2 atom stereocenters. The highest BCUT2D eigenvalue weighted by Crippen LogP contribution is 2.21. The lowest BCUT2D eigenvalue weighted by Crippen LogP contribution is -2.19. The summed E-state index contributed by atoms with van der Waals surface area (Å²) >= 11 is 1.70. The Labute approximate surface area is 81.4 Å². The second-order valence-electron chi connectivity index (χ2n) is 3.43. The van der Waals surface area contributed by atoms with Gasteiger partial charge in [0.2, 0.25) is 0 Å². The number of aryl methyl sites for hydroxylation is 1. The highest BCUT2D eigenvalue weighted by molar-refractivity contribution is 7.11. The van der Waals surface area contributed by atoms with Gasteiger partial charge in [0.25, 0.3) is 0 Å². The lowest BCUT2D eigenvalue weighted by Gasteiger charge is -2.08. The third kappa shape index (κ3) is 2.07. The van der Waals surface area contributed by atoms with E-state index in [0.717, 1.165) is 11.4 Å². The minimum Gasteiger partial charge on any atom is -0.390 e. The molecule has 0 aromatic carbocycles. The topological polar surface area (TPSA) is 42.4 Å². The first-order valence-corrected chi connectivity index (χ1v) is 5.24. The summed E-state index contributed by atoms with van der Waals surface area (Å²) in [6.45, 7) is 3.19. The second kappa shape index (κ2) is 3.74. The quantitative estimate of drug-likeness (QED) is 0.772. The molecule has 0 radical (unpaired) electrons. The molecule has 4 heteroatoms. The lowest BCUT2D eigenvalue weighted by molar-refractivity contribution is 0.118. The molecule has 0 saturated carbocycles. The van der Waals surface area contributed by atoms with Crippen LogP contribution < -0.4 is 0 Å². The largest absolute Gasteiger partial charge is 0.390 e. The third-order valence-electron chi connectivity index (χ3n) is 2.27. The van der Waals surface area contributed by atoms with Crippen molar-refractivity contribution < 1.29 is 9.84 Å². The van der Waals surface area contributed by atoms with Gasteiger partial charge in [-0.2, -0.15) is 0 Å². The van der Waals surface area contributed by atoms with Gasteiger partial charge in [0.1, 0.15) is 0 Å². The normalized spacial score (nSPS) is 28.2. The van der Waals surface area contributed by atoms with Crippen LogP contribution in [-0.2, 0) is 11.2 Å². The minimum atomic E-state index is -0.302. The van der Waals surface area contributed by atoms with Crippen molar-refractivity contribution >= 4 is 11.3 Å². The van der Waals surface area contributed by atoms with Gasteiger partial charge in [-0.25, -0.2) is 4.98 Å². The van der Waals surface area contributed by atoms with Gasteiger partial charge >= 0.3 is 0 Å². The van der Waals surface area contributed by atoms with Gasteiger partial charge in [0, 0.05) is 23.4 Å². The molecule has 0 bridgehead atoms. The monoisotopic (exact) mass is 199 g/mol. The molecule has 1 aromatic heterocycles. The molecule has 2 rings (SSSR count). The fraction of sp³-hybridized carbons (Fsp3) is 0.667. The molecule has 1 aliphatic rings. The van der Waals surface area contributed by atoms with Gasteiger partial charge in [-0.3, -0.25) is 0 Å². The molecule has 2 heterocycles. The molecule has 1 saturated heterocycles. The number of rotatable bonds is 2. The highest BCUT2D eigenvalue weighted by Gasteiger charge is 2.26. The van der Waals surface area contributed by atoms with Gasteiger partial charge in [0.15, 0.2) is 0 Å². The van der Waals surface area contributed by atoms with E-state index in [2.05, 4.69) is 4.98 Å². The van der Waals surface area contributed by atoms with Crippen LogP contribution in [0.3, 0.4) is 0 Å². The number of thiazole rings is 1. The van der Waals surface area contributed by atoms with Gasteiger partial charge in [-0.05, 0) is 6.92 Å². The lowest BCUT2D eigenvalue weighted by atomic mass is 10.0. The Bertz CT molecular complexity index is 287. The standard InChI is InChI=1S/C9H13NO2S/c1-6-3-10-9(13-6)2-7-4-12-5-8(7)11/h3,7-8,11H,2,4-5H2,1H3/t7-,8-/m1/s1. The van der Waals surface area contributed by atoms with Crippen molar-refractivity contribution in [3.63, 3.8) is 0 Å². The molecular formula is C9H13NO2S. The SMILES string of the molecule is Cc1cnc(C[C@@H]2COC[C@H]2O)s1. The first-order chi connectivity index (χ1) is 6.25. The molecule has 13 heavy (non-hydrogen) atoms. The van der Waals surface area contributed by atoms with Crippen LogP contribution in [0.25, 0.3) is 0 Å². The maximum absolute atomic E-state index is 9.51. The van der Waals surface area contributed by atoms with Crippen molar-refractivity contribution in [2.24, 2.45) is 5.92 Å². The Morgan fingerprint density at radius 3 is 3.08 bits per heavy atom. The Balaban J connectivity index is 1.97. The molecule has 0 unspecified atom stereocenters. The Morgan fingerprint density at radius 2 is 2.54 bits per heavy atom. The van der Waals surface area contributed by atoms with Crippen molar-refractivity contribution in [3.05, 3.63) is 16.1 Å². The molecule has 0 amide bonds. The minimum absolute atomic E-state index is 0.241. The average Bonchev–Trinajstić information content (AvgIpc) is 2.64. The van der Waals surface area contributed by atoms with Crippen molar-refractivity contribution in [1.29, 1.82) is 0 Å². The number of hydrogen-bond acceptors (Lipinski definition) is 4. The maximum Gasteiger partial charge on any atom is 0.0932 e. The number of aromatic nitrogens is 1. The average molecular weight is 199 g/mol. The maximum atomic E-state index is 9.51. The third-order valence-corrected chi connectivity index (χ3v) is 3.21. The zero-order chi connectivity index (χ0) is 9.26. The molecule has 1 aromatic rings. The van der Waals surface area contributed by atoms with Crippen LogP contribution in [0.1, 0.15) is 9.88 Å². The van der Waals surface area contributed by atoms with Crippen molar-refractivity contribution in [2.45, 2.75) is 19.4 Å². The summed E-state index contributed by atoms with van der Waals surface area (Å²) < 4.78 is 5.18. The van der Waals surface area contributed by atoms with Crippen molar-refractivity contribution in [3.8, 4) is 0 Å². The first kappa shape index (κ1) is 9.12. The fourth-order valence-corrected chi connectivity index (χ4v) is 2.38. The van der Waals surface area contributed by atoms with E-state index in [-0.39, 0.29) is 12.0 Å². The van der Waals surface area contributed by atoms with Gasteiger partial charge in [-0.1, -0.05) is 0 Å². The number of aliphatic hydroxyl groups is 1. The first-order valence-electron chi connectivity index (χ1n) is 4.43. The van der Waals surface area contributed by atoms with E-state index < -0.39 is 0 Å². The number of nitrogens with zero attached hydrogens (tertiary/aromatic N) is 1. The van der Waals surface area contributed by atoms with Gasteiger partial charge in [0.05, 0.1) is 24.3 Å². The summed E-state index contributed by atoms with van der Waals surface area (Å²) in [5.74, 6) is 0.241. The molecule has 0 spiro atoms. The number of hydrogen-bond donors (Lipinski definition) is 1. The molecule has 0 aliphatic carbocycles. The van der Waals surface area contributed by atoms with E-state index in [9.17, 15) is 5.11 Å². The summed E-state index contributed by atoms with van der Waals surface area (Å²) in [7, 11) is 0. The molecule has 1 aliphatic heterocycles. The summed E-state index contributed by atoms with van der Waals surface area (Å²) in [4.78, 5) is 5.49. The van der Waals surface area contributed by atoms with Gasteiger partial charge < -0.3 is 9.84 Å². The summed E-state index contributed by atoms with van der Waals surface area (Å²) in [5.41, 5.74) is 0. The summed E-state index contributed by atoms with van der Waals surface area (Å²) in [6, 6.07) is 0. The Morgan fingerprint density at radius 1 is 1.69 bits per heavy atom. The van der Waals surface area contributed by atoms with E-state index in [0.29, 0.717) is 13.2 Å². The van der Waals surface area contributed by atoms with E-state index in [4.69, 9.17) is 4.74 Å².